The first-order chi connectivity index (χ1) is 7.19. The number of methoxy groups -OCH3 is 1. The van der Waals surface area contributed by atoms with Crippen LogP contribution in [-0.2, 0) is 6.42 Å². The maximum atomic E-state index is 11.2. The molecule has 0 spiro atoms. The van der Waals surface area contributed by atoms with Crippen LogP contribution >= 0.6 is 0 Å². The SMILES string of the molecule is CCCCc1cc(OC)ccc1C(N)=O. The van der Waals surface area contributed by atoms with Crippen molar-refractivity contribution in [3.05, 3.63) is 29.3 Å². The van der Waals surface area contributed by atoms with Gasteiger partial charge in [0, 0.05) is 5.56 Å². The van der Waals surface area contributed by atoms with Crippen LogP contribution < -0.4 is 10.5 Å². The molecule has 0 radical (unpaired) electrons. The maximum Gasteiger partial charge on any atom is 0.248 e. The highest BCUT2D eigenvalue weighted by Crippen LogP contribution is 2.19. The molecule has 0 aliphatic heterocycles. The van der Waals surface area contributed by atoms with Gasteiger partial charge in [0.2, 0.25) is 5.91 Å². The lowest BCUT2D eigenvalue weighted by atomic mass is 10.0. The lowest BCUT2D eigenvalue weighted by Gasteiger charge is -2.08. The van der Waals surface area contributed by atoms with Gasteiger partial charge in [-0.15, -0.1) is 0 Å². The molecule has 0 saturated carbocycles. The maximum absolute atomic E-state index is 11.2. The van der Waals surface area contributed by atoms with E-state index in [1.165, 1.54) is 0 Å². The van der Waals surface area contributed by atoms with Crippen LogP contribution in [-0.4, -0.2) is 13.0 Å². The molecule has 0 aliphatic carbocycles. The Labute approximate surface area is 90.2 Å². The average Bonchev–Trinajstić information content (AvgIpc) is 2.25. The van der Waals surface area contributed by atoms with E-state index in [0.29, 0.717) is 5.56 Å². The number of rotatable bonds is 5. The van der Waals surface area contributed by atoms with Crippen LogP contribution in [0, 0.1) is 0 Å². The van der Waals surface area contributed by atoms with Crippen molar-refractivity contribution >= 4 is 5.91 Å². The molecule has 1 aromatic carbocycles. The Morgan fingerprint density at radius 1 is 1.47 bits per heavy atom. The van der Waals surface area contributed by atoms with Crippen LogP contribution in [0.3, 0.4) is 0 Å². The van der Waals surface area contributed by atoms with Crippen molar-refractivity contribution in [3.63, 3.8) is 0 Å². The first-order valence-corrected chi connectivity index (χ1v) is 5.15. The summed E-state index contributed by atoms with van der Waals surface area (Å²) in [7, 11) is 1.61. The van der Waals surface area contributed by atoms with Crippen LogP contribution in [0.1, 0.15) is 35.7 Å². The zero-order chi connectivity index (χ0) is 11.3. The first kappa shape index (κ1) is 11.6. The van der Waals surface area contributed by atoms with E-state index >= 15 is 0 Å². The molecule has 3 heteroatoms. The van der Waals surface area contributed by atoms with E-state index in [-0.39, 0.29) is 5.91 Å². The molecule has 0 atom stereocenters. The van der Waals surface area contributed by atoms with E-state index in [1.807, 2.05) is 6.07 Å². The third kappa shape index (κ3) is 2.98. The molecule has 15 heavy (non-hydrogen) atoms. The molecule has 1 amide bonds. The van der Waals surface area contributed by atoms with E-state index < -0.39 is 0 Å². The van der Waals surface area contributed by atoms with Gasteiger partial charge in [-0.3, -0.25) is 4.79 Å². The molecule has 3 nitrogen and oxygen atoms in total. The summed E-state index contributed by atoms with van der Waals surface area (Å²) in [5.74, 6) is 0.398. The fraction of sp³-hybridized carbons (Fsp3) is 0.417. The molecule has 0 bridgehead atoms. The summed E-state index contributed by atoms with van der Waals surface area (Å²) in [6.07, 6.45) is 3.01. The largest absolute Gasteiger partial charge is 0.497 e. The number of benzene rings is 1. The number of carbonyl (C=O) groups excluding carboxylic acids is 1. The lowest BCUT2D eigenvalue weighted by molar-refractivity contribution is 0.0999. The van der Waals surface area contributed by atoms with Crippen LogP contribution in [0.5, 0.6) is 5.75 Å². The van der Waals surface area contributed by atoms with Crippen molar-refractivity contribution in [3.8, 4) is 5.75 Å². The number of ether oxygens (including phenoxy) is 1. The molecular weight excluding hydrogens is 190 g/mol. The second-order valence-corrected chi connectivity index (χ2v) is 3.49. The minimum atomic E-state index is -0.372. The van der Waals surface area contributed by atoms with Gasteiger partial charge in [-0.1, -0.05) is 13.3 Å². The summed E-state index contributed by atoms with van der Waals surface area (Å²) in [4.78, 5) is 11.2. The van der Waals surface area contributed by atoms with Gasteiger partial charge in [0.25, 0.3) is 0 Å². The van der Waals surface area contributed by atoms with Crippen molar-refractivity contribution in [2.24, 2.45) is 5.73 Å². The average molecular weight is 207 g/mol. The zero-order valence-electron chi connectivity index (χ0n) is 9.25. The summed E-state index contributed by atoms with van der Waals surface area (Å²) in [5, 5.41) is 0. The third-order valence-corrected chi connectivity index (χ3v) is 2.38. The van der Waals surface area contributed by atoms with Gasteiger partial charge in [-0.05, 0) is 36.6 Å². The summed E-state index contributed by atoms with van der Waals surface area (Å²) in [5.41, 5.74) is 6.87. The monoisotopic (exact) mass is 207 g/mol. The second kappa shape index (κ2) is 5.39. The Morgan fingerprint density at radius 2 is 2.20 bits per heavy atom. The highest BCUT2D eigenvalue weighted by Gasteiger charge is 2.08. The van der Waals surface area contributed by atoms with Gasteiger partial charge in [0.15, 0.2) is 0 Å². The van der Waals surface area contributed by atoms with Crippen molar-refractivity contribution in [2.75, 3.05) is 7.11 Å². The van der Waals surface area contributed by atoms with Gasteiger partial charge >= 0.3 is 0 Å². The van der Waals surface area contributed by atoms with Crippen molar-refractivity contribution < 1.29 is 9.53 Å². The van der Waals surface area contributed by atoms with E-state index in [4.69, 9.17) is 10.5 Å². The van der Waals surface area contributed by atoms with Gasteiger partial charge < -0.3 is 10.5 Å². The minimum Gasteiger partial charge on any atom is -0.497 e. The molecule has 0 aliphatic rings. The van der Waals surface area contributed by atoms with Crippen molar-refractivity contribution in [1.82, 2.24) is 0 Å². The van der Waals surface area contributed by atoms with E-state index in [0.717, 1.165) is 30.6 Å². The molecule has 1 aromatic rings. The van der Waals surface area contributed by atoms with E-state index in [1.54, 1.807) is 19.2 Å². The van der Waals surface area contributed by atoms with Gasteiger partial charge in [0.05, 0.1) is 7.11 Å². The highest BCUT2D eigenvalue weighted by atomic mass is 16.5. The Morgan fingerprint density at radius 3 is 2.73 bits per heavy atom. The number of hydrogen-bond acceptors (Lipinski definition) is 2. The standard InChI is InChI=1S/C12H17NO2/c1-3-4-5-9-8-10(15-2)6-7-11(9)12(13)14/h6-8H,3-5H2,1-2H3,(H2,13,14). The lowest BCUT2D eigenvalue weighted by Crippen LogP contribution is -2.13. The second-order valence-electron chi connectivity index (χ2n) is 3.49. The summed E-state index contributed by atoms with van der Waals surface area (Å²) in [6.45, 7) is 2.12. The van der Waals surface area contributed by atoms with Crippen molar-refractivity contribution in [1.29, 1.82) is 0 Å². The van der Waals surface area contributed by atoms with Crippen LogP contribution in [0.15, 0.2) is 18.2 Å². The first-order valence-electron chi connectivity index (χ1n) is 5.15. The fourth-order valence-electron chi connectivity index (χ4n) is 1.51. The van der Waals surface area contributed by atoms with Gasteiger partial charge in [0.1, 0.15) is 5.75 Å². The normalized spacial score (nSPS) is 10.0. The molecule has 0 fully saturated rings. The smallest absolute Gasteiger partial charge is 0.248 e. The van der Waals surface area contributed by atoms with Gasteiger partial charge in [-0.25, -0.2) is 0 Å². The molecule has 0 aromatic heterocycles. The van der Waals surface area contributed by atoms with Crippen LogP contribution in [0.4, 0.5) is 0 Å². The van der Waals surface area contributed by atoms with Crippen LogP contribution in [0.2, 0.25) is 0 Å². The topological polar surface area (TPSA) is 52.3 Å². The summed E-state index contributed by atoms with van der Waals surface area (Å²) >= 11 is 0. The molecule has 0 saturated heterocycles. The van der Waals surface area contributed by atoms with E-state index in [9.17, 15) is 4.79 Å². The van der Waals surface area contributed by atoms with Crippen molar-refractivity contribution in [2.45, 2.75) is 26.2 Å². The minimum absolute atomic E-state index is 0.372. The molecule has 0 heterocycles. The fourth-order valence-corrected chi connectivity index (χ4v) is 1.51. The Balaban J connectivity index is 2.99. The van der Waals surface area contributed by atoms with Crippen LogP contribution in [0.25, 0.3) is 0 Å². The zero-order valence-corrected chi connectivity index (χ0v) is 9.25. The molecule has 82 valence electrons. The Kier molecular flexibility index (Phi) is 4.16. The Bertz CT molecular complexity index is 347. The number of nitrogens with two attached hydrogens (primary N) is 1. The van der Waals surface area contributed by atoms with Gasteiger partial charge in [-0.2, -0.15) is 0 Å². The number of amides is 1. The number of hydrogen-bond donors (Lipinski definition) is 1. The predicted octanol–water partition coefficient (Wildman–Crippen LogP) is 2.14. The quantitative estimate of drug-likeness (QED) is 0.804. The number of unbranched alkanes of at least 4 members (excludes halogenated alkanes) is 1. The molecule has 2 N–H and O–H groups in total. The number of aryl methyl sites for hydroxylation is 1. The number of carbonyl (C=O) groups is 1. The highest BCUT2D eigenvalue weighted by molar-refractivity contribution is 5.94. The predicted molar refractivity (Wildman–Crippen MR) is 60.1 cm³/mol. The van der Waals surface area contributed by atoms with E-state index in [2.05, 4.69) is 6.92 Å². The summed E-state index contributed by atoms with van der Waals surface area (Å²) < 4.78 is 5.12. The Hall–Kier alpha value is -1.51. The summed E-state index contributed by atoms with van der Waals surface area (Å²) in [6, 6.07) is 5.37. The number of primary amides is 1. The molecule has 0 unspecified atom stereocenters. The third-order valence-electron chi connectivity index (χ3n) is 2.38. The molecule has 1 rings (SSSR count). The molecular formula is C12H17NO2.